The molecule has 3 heteroatoms. The first-order chi connectivity index (χ1) is 7.27. The molecule has 1 aromatic heterocycles. The SMILES string of the molecule is C=Cc1c(Cl)nc2ccccc2c1C#N. The van der Waals surface area contributed by atoms with Crippen LogP contribution < -0.4 is 0 Å². The van der Waals surface area contributed by atoms with Gasteiger partial charge in [0, 0.05) is 10.9 Å². The Morgan fingerprint density at radius 2 is 2.13 bits per heavy atom. The van der Waals surface area contributed by atoms with Gasteiger partial charge in [0.2, 0.25) is 0 Å². The summed E-state index contributed by atoms with van der Waals surface area (Å²) in [6.07, 6.45) is 1.56. The second-order valence-electron chi connectivity index (χ2n) is 3.02. The maximum Gasteiger partial charge on any atom is 0.138 e. The second-order valence-corrected chi connectivity index (χ2v) is 3.38. The van der Waals surface area contributed by atoms with Gasteiger partial charge >= 0.3 is 0 Å². The maximum absolute atomic E-state index is 9.09. The summed E-state index contributed by atoms with van der Waals surface area (Å²) in [4.78, 5) is 4.20. The molecule has 0 bridgehead atoms. The number of fused-ring (bicyclic) bond motifs is 1. The van der Waals surface area contributed by atoms with Crippen molar-refractivity contribution in [2.24, 2.45) is 0 Å². The van der Waals surface area contributed by atoms with Crippen molar-refractivity contribution in [1.29, 1.82) is 5.26 Å². The van der Waals surface area contributed by atoms with Crippen molar-refractivity contribution >= 4 is 28.6 Å². The van der Waals surface area contributed by atoms with Crippen molar-refractivity contribution in [2.45, 2.75) is 0 Å². The van der Waals surface area contributed by atoms with Crippen LogP contribution in [0.1, 0.15) is 11.1 Å². The normalized spacial score (nSPS) is 9.87. The summed E-state index contributed by atoms with van der Waals surface area (Å²) in [6.45, 7) is 3.63. The number of pyridine rings is 1. The predicted molar refractivity (Wildman–Crippen MR) is 61.6 cm³/mol. The molecule has 0 fully saturated rings. The van der Waals surface area contributed by atoms with E-state index in [0.717, 1.165) is 10.9 Å². The summed E-state index contributed by atoms with van der Waals surface area (Å²) in [6, 6.07) is 9.54. The first-order valence-electron chi connectivity index (χ1n) is 4.38. The molecule has 0 spiro atoms. The number of nitriles is 1. The molecule has 72 valence electrons. The van der Waals surface area contributed by atoms with Crippen LogP contribution in [0.3, 0.4) is 0 Å². The number of nitrogens with zero attached hydrogens (tertiary/aromatic N) is 2. The predicted octanol–water partition coefficient (Wildman–Crippen LogP) is 3.40. The van der Waals surface area contributed by atoms with Gasteiger partial charge in [0.1, 0.15) is 11.2 Å². The number of para-hydroxylation sites is 1. The standard InChI is InChI=1S/C12H7ClN2/c1-2-8-10(7-14)9-5-3-4-6-11(9)15-12(8)13/h2-6H,1H2. The third kappa shape index (κ3) is 1.47. The van der Waals surface area contributed by atoms with E-state index in [1.54, 1.807) is 6.08 Å². The third-order valence-electron chi connectivity index (χ3n) is 2.20. The molecule has 2 nitrogen and oxygen atoms in total. The van der Waals surface area contributed by atoms with Crippen LogP contribution >= 0.6 is 11.6 Å². The zero-order valence-electron chi connectivity index (χ0n) is 7.87. The molecule has 2 aromatic rings. The summed E-state index contributed by atoms with van der Waals surface area (Å²) >= 11 is 5.95. The van der Waals surface area contributed by atoms with Gasteiger partial charge in [-0.05, 0) is 6.07 Å². The lowest BCUT2D eigenvalue weighted by Gasteiger charge is -2.04. The number of rotatable bonds is 1. The van der Waals surface area contributed by atoms with Crippen LogP contribution in [-0.2, 0) is 0 Å². The fourth-order valence-corrected chi connectivity index (χ4v) is 1.77. The summed E-state index contributed by atoms with van der Waals surface area (Å²) in [7, 11) is 0. The van der Waals surface area contributed by atoms with Gasteiger partial charge in [0.25, 0.3) is 0 Å². The monoisotopic (exact) mass is 214 g/mol. The van der Waals surface area contributed by atoms with Gasteiger partial charge in [0.15, 0.2) is 0 Å². The molecule has 1 heterocycles. The fourth-order valence-electron chi connectivity index (χ4n) is 1.50. The van der Waals surface area contributed by atoms with Crippen molar-refractivity contribution in [3.63, 3.8) is 0 Å². The molecule has 0 atom stereocenters. The van der Waals surface area contributed by atoms with Gasteiger partial charge in [0.05, 0.1) is 11.1 Å². The Kier molecular flexibility index (Phi) is 2.40. The quantitative estimate of drug-likeness (QED) is 0.683. The molecule has 15 heavy (non-hydrogen) atoms. The molecule has 0 saturated carbocycles. The molecule has 0 saturated heterocycles. The summed E-state index contributed by atoms with van der Waals surface area (Å²) in [5.41, 5.74) is 1.85. The van der Waals surface area contributed by atoms with Gasteiger partial charge in [-0.2, -0.15) is 5.26 Å². The molecule has 0 aliphatic carbocycles. The summed E-state index contributed by atoms with van der Waals surface area (Å²) in [5.74, 6) is 0. The smallest absolute Gasteiger partial charge is 0.138 e. The molecular weight excluding hydrogens is 208 g/mol. The zero-order valence-corrected chi connectivity index (χ0v) is 8.62. The maximum atomic E-state index is 9.09. The van der Waals surface area contributed by atoms with Gasteiger partial charge in [-0.3, -0.25) is 0 Å². The van der Waals surface area contributed by atoms with E-state index < -0.39 is 0 Å². The Hall–Kier alpha value is -1.85. The van der Waals surface area contributed by atoms with Crippen LogP contribution in [0.4, 0.5) is 0 Å². The first kappa shape index (κ1) is 9.70. The Morgan fingerprint density at radius 3 is 2.80 bits per heavy atom. The zero-order chi connectivity index (χ0) is 10.8. The van der Waals surface area contributed by atoms with E-state index in [1.165, 1.54) is 0 Å². The topological polar surface area (TPSA) is 36.7 Å². The van der Waals surface area contributed by atoms with Crippen LogP contribution in [0.25, 0.3) is 17.0 Å². The van der Waals surface area contributed by atoms with Gasteiger partial charge < -0.3 is 0 Å². The first-order valence-corrected chi connectivity index (χ1v) is 4.76. The summed E-state index contributed by atoms with van der Waals surface area (Å²) < 4.78 is 0. The molecular formula is C12H7ClN2. The molecule has 0 aliphatic rings. The third-order valence-corrected chi connectivity index (χ3v) is 2.49. The Morgan fingerprint density at radius 1 is 1.40 bits per heavy atom. The van der Waals surface area contributed by atoms with E-state index in [9.17, 15) is 0 Å². The highest BCUT2D eigenvalue weighted by Gasteiger charge is 2.10. The minimum Gasteiger partial charge on any atom is -0.235 e. The Labute approximate surface area is 92.4 Å². The van der Waals surface area contributed by atoms with E-state index >= 15 is 0 Å². The number of aromatic nitrogens is 1. The minimum absolute atomic E-state index is 0.320. The van der Waals surface area contributed by atoms with Crippen molar-refractivity contribution in [3.8, 4) is 6.07 Å². The van der Waals surface area contributed by atoms with Crippen LogP contribution in [0.15, 0.2) is 30.8 Å². The molecule has 0 radical (unpaired) electrons. The van der Waals surface area contributed by atoms with Crippen molar-refractivity contribution in [1.82, 2.24) is 4.98 Å². The average Bonchev–Trinajstić information content (AvgIpc) is 2.27. The Balaban J connectivity index is 2.99. The molecule has 2 rings (SSSR count). The molecule has 0 aliphatic heterocycles. The van der Waals surface area contributed by atoms with Crippen molar-refractivity contribution in [3.05, 3.63) is 47.1 Å². The van der Waals surface area contributed by atoms with E-state index in [1.807, 2.05) is 24.3 Å². The average molecular weight is 215 g/mol. The van der Waals surface area contributed by atoms with Gasteiger partial charge in [-0.1, -0.05) is 42.5 Å². The van der Waals surface area contributed by atoms with Crippen LogP contribution in [0.2, 0.25) is 5.15 Å². The fraction of sp³-hybridized carbons (Fsp3) is 0. The number of hydrogen-bond donors (Lipinski definition) is 0. The largest absolute Gasteiger partial charge is 0.235 e. The second kappa shape index (κ2) is 3.72. The lowest BCUT2D eigenvalue weighted by atomic mass is 10.0. The molecule has 0 N–H and O–H groups in total. The van der Waals surface area contributed by atoms with E-state index in [2.05, 4.69) is 17.6 Å². The van der Waals surface area contributed by atoms with Crippen LogP contribution in [0.5, 0.6) is 0 Å². The highest BCUT2D eigenvalue weighted by Crippen LogP contribution is 2.26. The van der Waals surface area contributed by atoms with E-state index in [0.29, 0.717) is 16.3 Å². The highest BCUT2D eigenvalue weighted by molar-refractivity contribution is 6.31. The van der Waals surface area contributed by atoms with Crippen LogP contribution in [0, 0.1) is 11.3 Å². The lowest BCUT2D eigenvalue weighted by Crippen LogP contribution is -1.90. The Bertz CT molecular complexity index is 582. The summed E-state index contributed by atoms with van der Waals surface area (Å²) in [5, 5.41) is 10.2. The van der Waals surface area contributed by atoms with Gasteiger partial charge in [-0.15, -0.1) is 0 Å². The lowest BCUT2D eigenvalue weighted by molar-refractivity contribution is 1.37. The van der Waals surface area contributed by atoms with E-state index in [4.69, 9.17) is 16.9 Å². The highest BCUT2D eigenvalue weighted by atomic mass is 35.5. The number of hydrogen-bond acceptors (Lipinski definition) is 2. The molecule has 0 amide bonds. The molecule has 0 unspecified atom stereocenters. The van der Waals surface area contributed by atoms with Crippen LogP contribution in [-0.4, -0.2) is 4.98 Å². The number of benzene rings is 1. The van der Waals surface area contributed by atoms with Crippen molar-refractivity contribution in [2.75, 3.05) is 0 Å². The van der Waals surface area contributed by atoms with E-state index in [-0.39, 0.29) is 0 Å². The molecule has 1 aromatic carbocycles. The number of halogens is 1. The minimum atomic E-state index is 0.320. The van der Waals surface area contributed by atoms with Crippen molar-refractivity contribution < 1.29 is 0 Å². The van der Waals surface area contributed by atoms with Gasteiger partial charge in [-0.25, -0.2) is 4.98 Å².